The van der Waals surface area contributed by atoms with Gasteiger partial charge >= 0.3 is 0 Å². The first kappa shape index (κ1) is 24.4. The van der Waals surface area contributed by atoms with Crippen molar-refractivity contribution >= 4 is 22.8 Å². The number of aromatic nitrogens is 3. The van der Waals surface area contributed by atoms with Crippen LogP contribution in [0.15, 0.2) is 54.9 Å². The zero-order valence-electron chi connectivity index (χ0n) is 20.6. The smallest absolute Gasteiger partial charge is 0.251 e. The zero-order valence-corrected chi connectivity index (χ0v) is 20.6. The summed E-state index contributed by atoms with van der Waals surface area (Å²) in [5.41, 5.74) is 6.45. The highest BCUT2D eigenvalue weighted by molar-refractivity contribution is 5.97. The molecule has 0 aliphatic carbocycles. The number of pyridine rings is 1. The summed E-state index contributed by atoms with van der Waals surface area (Å²) in [7, 11) is 1.84. The number of rotatable bonds is 6. The van der Waals surface area contributed by atoms with Crippen LogP contribution in [0.4, 0.5) is 4.39 Å². The minimum atomic E-state index is -1.63. The number of hydrogen-bond donors (Lipinski definition) is 3. The molecule has 1 aliphatic rings. The second kappa shape index (κ2) is 8.67. The maximum Gasteiger partial charge on any atom is 0.251 e. The van der Waals surface area contributed by atoms with Gasteiger partial charge in [0.15, 0.2) is 0 Å². The average molecular weight is 504 g/mol. The van der Waals surface area contributed by atoms with Gasteiger partial charge in [-0.05, 0) is 62.4 Å². The largest absolute Gasteiger partial charge is 0.489 e. The molecule has 0 radical (unpaired) electrons. The first-order valence-corrected chi connectivity index (χ1v) is 11.7. The van der Waals surface area contributed by atoms with E-state index < -0.39 is 22.7 Å². The molecule has 0 saturated carbocycles. The predicted octanol–water partition coefficient (Wildman–Crippen LogP) is 2.55. The number of fused-ring (bicyclic) bond motifs is 2. The van der Waals surface area contributed by atoms with Gasteiger partial charge in [-0.15, -0.1) is 0 Å². The lowest BCUT2D eigenvalue weighted by Gasteiger charge is -2.26. The van der Waals surface area contributed by atoms with Crippen LogP contribution in [0.1, 0.15) is 35.5 Å². The minimum Gasteiger partial charge on any atom is -0.489 e. The molecule has 2 atom stereocenters. The van der Waals surface area contributed by atoms with Gasteiger partial charge in [0.1, 0.15) is 34.9 Å². The van der Waals surface area contributed by atoms with Crippen molar-refractivity contribution in [1.29, 1.82) is 0 Å². The number of aryl methyl sites for hydroxylation is 1. The molecule has 2 aromatic heterocycles. The molecule has 4 aromatic rings. The van der Waals surface area contributed by atoms with Gasteiger partial charge in [-0.3, -0.25) is 9.59 Å². The van der Waals surface area contributed by atoms with Gasteiger partial charge in [0.25, 0.3) is 5.91 Å². The molecule has 9 nitrogen and oxygen atoms in total. The minimum absolute atomic E-state index is 0.00631. The maximum absolute atomic E-state index is 13.6. The van der Waals surface area contributed by atoms with E-state index in [1.165, 1.54) is 31.2 Å². The van der Waals surface area contributed by atoms with E-state index in [9.17, 15) is 19.1 Å². The monoisotopic (exact) mass is 503 g/mol. The molecule has 0 spiro atoms. The molecule has 190 valence electrons. The van der Waals surface area contributed by atoms with Crippen LogP contribution in [-0.2, 0) is 22.9 Å². The molecule has 0 saturated heterocycles. The first-order chi connectivity index (χ1) is 17.5. The molecule has 2 aromatic carbocycles. The fraction of sp³-hybridized carbons (Fsp3) is 0.259. The van der Waals surface area contributed by atoms with Gasteiger partial charge in [0, 0.05) is 23.7 Å². The molecular formula is C27H26FN5O4. The van der Waals surface area contributed by atoms with Gasteiger partial charge in [0.2, 0.25) is 5.91 Å². The third-order valence-electron chi connectivity index (χ3n) is 6.87. The lowest BCUT2D eigenvalue weighted by molar-refractivity contribution is -0.123. The Labute approximate surface area is 212 Å². The third-order valence-corrected chi connectivity index (χ3v) is 6.87. The molecule has 4 N–H and O–H groups in total. The number of benzene rings is 2. The number of nitrogens with one attached hydrogen (secondary N) is 1. The number of ether oxygens (including phenoxy) is 1. The Hall–Kier alpha value is -4.31. The first-order valence-electron chi connectivity index (χ1n) is 11.7. The highest BCUT2D eigenvalue weighted by Gasteiger charge is 2.45. The van der Waals surface area contributed by atoms with Crippen LogP contribution in [0.2, 0.25) is 0 Å². The van der Waals surface area contributed by atoms with Crippen LogP contribution in [0, 0.1) is 5.82 Å². The number of nitrogens with zero attached hydrogens (tertiary/aromatic N) is 3. The summed E-state index contributed by atoms with van der Waals surface area (Å²) in [5.74, 6) is -1.04. The van der Waals surface area contributed by atoms with Gasteiger partial charge in [-0.1, -0.05) is 0 Å². The lowest BCUT2D eigenvalue weighted by atomic mass is 9.82. The van der Waals surface area contributed by atoms with Crippen LogP contribution >= 0.6 is 0 Å². The fourth-order valence-electron chi connectivity index (χ4n) is 4.38. The highest BCUT2D eigenvalue weighted by atomic mass is 19.1. The second-order valence-corrected chi connectivity index (χ2v) is 9.74. The lowest BCUT2D eigenvalue weighted by Crippen LogP contribution is -2.41. The van der Waals surface area contributed by atoms with E-state index in [-0.39, 0.29) is 24.8 Å². The van der Waals surface area contributed by atoms with Crippen LogP contribution in [0.25, 0.3) is 22.3 Å². The molecule has 5 rings (SSSR count). The number of carbonyl (C=O) groups excluding carboxylic acids is 2. The quantitative estimate of drug-likeness (QED) is 0.371. The topological polar surface area (TPSA) is 132 Å². The van der Waals surface area contributed by atoms with Gasteiger partial charge in [-0.25, -0.2) is 14.4 Å². The van der Waals surface area contributed by atoms with E-state index >= 15 is 0 Å². The Morgan fingerprint density at radius 2 is 1.97 bits per heavy atom. The van der Waals surface area contributed by atoms with Gasteiger partial charge in [-0.2, -0.15) is 0 Å². The Balaban J connectivity index is 1.49. The van der Waals surface area contributed by atoms with Crippen molar-refractivity contribution < 1.29 is 23.8 Å². The maximum atomic E-state index is 13.6. The zero-order chi connectivity index (χ0) is 26.5. The highest BCUT2D eigenvalue weighted by Crippen LogP contribution is 2.45. The second-order valence-electron chi connectivity index (χ2n) is 9.74. The number of carbonyl (C=O) groups is 2. The summed E-state index contributed by atoms with van der Waals surface area (Å²) >= 11 is 0. The number of hydrogen-bond acceptors (Lipinski definition) is 6. The molecule has 2 amide bonds. The SMILES string of the molecule is Cn1cnc2ccc(C(=O)NC[C@](C)(O)c3cc4c(c(-c5ccc(F)cc5)n3)OC[C@]4(C)C(N)=O)cc21. The number of primary amides is 1. The van der Waals surface area contributed by atoms with Gasteiger partial charge < -0.3 is 25.5 Å². The fourth-order valence-corrected chi connectivity index (χ4v) is 4.38. The van der Waals surface area contributed by atoms with Gasteiger partial charge in [0.05, 0.1) is 29.6 Å². The number of nitrogens with two attached hydrogens (primary N) is 1. The van der Waals surface area contributed by atoms with Crippen molar-refractivity contribution in [3.63, 3.8) is 0 Å². The Bertz CT molecular complexity index is 1550. The Morgan fingerprint density at radius 3 is 2.68 bits per heavy atom. The Kier molecular flexibility index (Phi) is 5.71. The Morgan fingerprint density at radius 1 is 1.24 bits per heavy atom. The summed E-state index contributed by atoms with van der Waals surface area (Å²) in [6, 6.07) is 12.4. The van der Waals surface area contributed by atoms with E-state index in [1.807, 2.05) is 11.6 Å². The summed E-state index contributed by atoms with van der Waals surface area (Å²) in [6.45, 7) is 3.01. The van der Waals surface area contributed by atoms with Crippen molar-refractivity contribution in [1.82, 2.24) is 19.9 Å². The molecular weight excluding hydrogens is 477 g/mol. The van der Waals surface area contributed by atoms with E-state index in [4.69, 9.17) is 10.5 Å². The number of aliphatic hydroxyl groups is 1. The summed E-state index contributed by atoms with van der Waals surface area (Å²) in [6.07, 6.45) is 1.67. The summed E-state index contributed by atoms with van der Waals surface area (Å²) in [4.78, 5) is 34.1. The van der Waals surface area contributed by atoms with Crippen molar-refractivity contribution in [2.75, 3.05) is 13.2 Å². The number of imidazole rings is 1. The molecule has 0 fully saturated rings. The van der Waals surface area contributed by atoms with Crippen molar-refractivity contribution in [3.05, 3.63) is 77.5 Å². The van der Waals surface area contributed by atoms with Crippen LogP contribution in [0.5, 0.6) is 5.75 Å². The van der Waals surface area contributed by atoms with Crippen LogP contribution < -0.4 is 15.8 Å². The standard InChI is InChI=1S/C27H26FN5O4/c1-26(25(29)35)13-37-23-18(26)11-21(32-22(23)15-4-7-17(28)8-5-15)27(2,36)12-30-24(34)16-6-9-19-20(10-16)33(3)14-31-19/h4-11,14,36H,12-13H2,1-3H3,(H2,29,35)(H,30,34)/t26-,27-/m0/s1. The van der Waals surface area contributed by atoms with E-state index in [1.54, 1.807) is 37.5 Å². The van der Waals surface area contributed by atoms with Crippen LogP contribution in [-0.4, -0.2) is 44.6 Å². The normalized spacial score (nSPS) is 18.2. The third kappa shape index (κ3) is 4.19. The molecule has 3 heterocycles. The van der Waals surface area contributed by atoms with Crippen LogP contribution in [0.3, 0.4) is 0 Å². The molecule has 0 unspecified atom stereocenters. The van der Waals surface area contributed by atoms with E-state index in [0.717, 1.165) is 11.0 Å². The summed E-state index contributed by atoms with van der Waals surface area (Å²) < 4.78 is 21.2. The molecule has 10 heteroatoms. The average Bonchev–Trinajstić information content (AvgIpc) is 3.43. The number of halogens is 1. The molecule has 37 heavy (non-hydrogen) atoms. The van der Waals surface area contributed by atoms with E-state index in [2.05, 4.69) is 15.3 Å². The van der Waals surface area contributed by atoms with E-state index in [0.29, 0.717) is 28.1 Å². The van der Waals surface area contributed by atoms with Crippen molar-refractivity contribution in [3.8, 4) is 17.0 Å². The van der Waals surface area contributed by atoms with Crippen molar-refractivity contribution in [2.45, 2.75) is 24.9 Å². The van der Waals surface area contributed by atoms with Crippen molar-refractivity contribution in [2.24, 2.45) is 12.8 Å². The molecule has 1 aliphatic heterocycles. The molecule has 0 bridgehead atoms. The predicted molar refractivity (Wildman–Crippen MR) is 134 cm³/mol. The number of amides is 2. The summed E-state index contributed by atoms with van der Waals surface area (Å²) in [5, 5.41) is 14.2.